The van der Waals surface area contributed by atoms with E-state index in [0.717, 1.165) is 22.2 Å². The van der Waals surface area contributed by atoms with Crippen molar-refractivity contribution in [1.82, 2.24) is 10.2 Å². The Morgan fingerprint density at radius 2 is 1.45 bits per heavy atom. The van der Waals surface area contributed by atoms with Crippen LogP contribution in [-0.4, -0.2) is 44.8 Å². The van der Waals surface area contributed by atoms with Crippen molar-refractivity contribution in [1.29, 1.82) is 0 Å². The van der Waals surface area contributed by atoms with E-state index in [0.29, 0.717) is 15.9 Å². The molecule has 4 aromatic rings. The minimum Gasteiger partial charge on any atom is -0.357 e. The standard InChI is InChI=1S/C32H29BrF3N3O4S/c1-37-31(41)29(19-23-9-4-2-5-10-23)38(21-24-15-17-26(33)18-16-24)30(40)22-39(44(42,43)28-13-6-3-7-14-28)27-12-8-11-25(20-27)32(34,35)36/h2-18,20,29H,19,21-22H2,1H3,(H,37,41)/t29-/m0/s1. The van der Waals surface area contributed by atoms with Crippen molar-refractivity contribution in [2.24, 2.45) is 0 Å². The fourth-order valence-electron chi connectivity index (χ4n) is 4.59. The second-order valence-electron chi connectivity index (χ2n) is 9.84. The van der Waals surface area contributed by atoms with Crippen LogP contribution in [0.15, 0.2) is 119 Å². The highest BCUT2D eigenvalue weighted by molar-refractivity contribution is 9.10. The van der Waals surface area contributed by atoms with Gasteiger partial charge in [-0.2, -0.15) is 13.2 Å². The van der Waals surface area contributed by atoms with E-state index in [9.17, 15) is 31.2 Å². The number of rotatable bonds is 11. The van der Waals surface area contributed by atoms with Gasteiger partial charge in [0.15, 0.2) is 0 Å². The number of carbonyl (C=O) groups excluding carboxylic acids is 2. The van der Waals surface area contributed by atoms with Crippen molar-refractivity contribution in [2.75, 3.05) is 17.9 Å². The van der Waals surface area contributed by atoms with Gasteiger partial charge in [-0.1, -0.05) is 82.7 Å². The number of hydrogen-bond donors (Lipinski definition) is 1. The Morgan fingerprint density at radius 1 is 0.841 bits per heavy atom. The van der Waals surface area contributed by atoms with Gasteiger partial charge in [0.05, 0.1) is 16.1 Å². The number of nitrogens with zero attached hydrogens (tertiary/aromatic N) is 2. The SMILES string of the molecule is CNC(=O)[C@H](Cc1ccccc1)N(Cc1ccc(Br)cc1)C(=O)CN(c1cccc(C(F)(F)F)c1)S(=O)(=O)c1ccccc1. The third kappa shape index (κ3) is 8.06. The van der Waals surface area contributed by atoms with Crippen LogP contribution in [0.3, 0.4) is 0 Å². The van der Waals surface area contributed by atoms with Gasteiger partial charge in [-0.05, 0) is 53.6 Å². The largest absolute Gasteiger partial charge is 0.416 e. The third-order valence-electron chi connectivity index (χ3n) is 6.86. The number of nitrogens with one attached hydrogen (secondary N) is 1. The molecule has 0 heterocycles. The minimum absolute atomic E-state index is 0.0706. The molecule has 4 aromatic carbocycles. The monoisotopic (exact) mass is 687 g/mol. The van der Waals surface area contributed by atoms with Crippen LogP contribution in [0.1, 0.15) is 16.7 Å². The molecule has 0 radical (unpaired) electrons. The first kappa shape index (κ1) is 32.7. The molecule has 0 aromatic heterocycles. The Balaban J connectivity index is 1.81. The van der Waals surface area contributed by atoms with Crippen LogP contribution in [0.25, 0.3) is 0 Å². The van der Waals surface area contributed by atoms with Gasteiger partial charge in [-0.25, -0.2) is 8.42 Å². The number of benzene rings is 4. The highest BCUT2D eigenvalue weighted by Crippen LogP contribution is 2.33. The lowest BCUT2D eigenvalue weighted by Crippen LogP contribution is -2.53. The van der Waals surface area contributed by atoms with Crippen molar-refractivity contribution in [2.45, 2.75) is 30.1 Å². The molecule has 0 aliphatic heterocycles. The maximum Gasteiger partial charge on any atom is 0.416 e. The predicted molar refractivity (Wildman–Crippen MR) is 165 cm³/mol. The molecule has 0 aliphatic carbocycles. The fraction of sp³-hybridized carbons (Fsp3) is 0.188. The Bertz CT molecular complexity index is 1690. The summed E-state index contributed by atoms with van der Waals surface area (Å²) in [4.78, 5) is 28.5. The summed E-state index contributed by atoms with van der Waals surface area (Å²) in [5.74, 6) is -1.27. The second kappa shape index (κ2) is 14.1. The summed E-state index contributed by atoms with van der Waals surface area (Å²) in [6, 6.07) is 25.9. The average molecular weight is 689 g/mol. The van der Waals surface area contributed by atoms with Crippen molar-refractivity contribution >= 4 is 43.5 Å². The van der Waals surface area contributed by atoms with Gasteiger partial charge in [0.25, 0.3) is 10.0 Å². The Morgan fingerprint density at radius 3 is 2.05 bits per heavy atom. The molecule has 0 unspecified atom stereocenters. The van der Waals surface area contributed by atoms with Gasteiger partial charge < -0.3 is 10.2 Å². The molecule has 44 heavy (non-hydrogen) atoms. The van der Waals surface area contributed by atoms with Gasteiger partial charge in [0.2, 0.25) is 11.8 Å². The summed E-state index contributed by atoms with van der Waals surface area (Å²) >= 11 is 3.37. The van der Waals surface area contributed by atoms with Crippen molar-refractivity contribution < 1.29 is 31.2 Å². The molecule has 1 atom stereocenters. The zero-order valence-electron chi connectivity index (χ0n) is 23.5. The molecular weight excluding hydrogens is 659 g/mol. The van der Waals surface area contributed by atoms with Gasteiger partial charge in [0.1, 0.15) is 12.6 Å². The molecule has 230 valence electrons. The number of carbonyl (C=O) groups is 2. The summed E-state index contributed by atoms with van der Waals surface area (Å²) in [5, 5.41) is 2.58. The van der Waals surface area contributed by atoms with E-state index in [1.165, 1.54) is 42.3 Å². The van der Waals surface area contributed by atoms with E-state index >= 15 is 0 Å². The van der Waals surface area contributed by atoms with Crippen LogP contribution in [0.4, 0.5) is 18.9 Å². The maximum atomic E-state index is 14.2. The molecule has 7 nitrogen and oxygen atoms in total. The normalized spacial score (nSPS) is 12.3. The van der Waals surface area contributed by atoms with Gasteiger partial charge in [-0.15, -0.1) is 0 Å². The molecule has 0 fully saturated rings. The van der Waals surface area contributed by atoms with Gasteiger partial charge in [0, 0.05) is 24.5 Å². The molecule has 0 spiro atoms. The average Bonchev–Trinajstić information content (AvgIpc) is 3.02. The van der Waals surface area contributed by atoms with Gasteiger partial charge in [-0.3, -0.25) is 13.9 Å². The first-order valence-corrected chi connectivity index (χ1v) is 15.7. The molecule has 4 rings (SSSR count). The summed E-state index contributed by atoms with van der Waals surface area (Å²) in [7, 11) is -3.09. The number of amides is 2. The van der Waals surface area contributed by atoms with Crippen molar-refractivity contribution in [3.63, 3.8) is 0 Å². The molecule has 12 heteroatoms. The first-order chi connectivity index (χ1) is 20.9. The lowest BCUT2D eigenvalue weighted by molar-refractivity contribution is -0.139. The highest BCUT2D eigenvalue weighted by Gasteiger charge is 2.36. The van der Waals surface area contributed by atoms with Crippen LogP contribution >= 0.6 is 15.9 Å². The van der Waals surface area contributed by atoms with Crippen LogP contribution < -0.4 is 9.62 Å². The minimum atomic E-state index is -4.75. The van der Waals surface area contributed by atoms with Crippen LogP contribution in [-0.2, 0) is 38.8 Å². The first-order valence-electron chi connectivity index (χ1n) is 13.4. The fourth-order valence-corrected chi connectivity index (χ4v) is 6.28. The zero-order chi connectivity index (χ0) is 31.9. The van der Waals surface area contributed by atoms with E-state index in [4.69, 9.17) is 0 Å². The highest BCUT2D eigenvalue weighted by atomic mass is 79.9. The summed E-state index contributed by atoms with van der Waals surface area (Å²) in [5.41, 5.74) is -0.0173. The van der Waals surface area contributed by atoms with E-state index in [1.807, 2.05) is 6.07 Å². The maximum absolute atomic E-state index is 14.2. The molecule has 0 aliphatic rings. The van der Waals surface area contributed by atoms with Crippen LogP contribution in [0.2, 0.25) is 0 Å². The molecular formula is C32H29BrF3N3O4S. The Kier molecular flexibility index (Phi) is 10.5. The predicted octanol–water partition coefficient (Wildman–Crippen LogP) is 6.05. The van der Waals surface area contributed by atoms with Crippen molar-refractivity contribution in [3.8, 4) is 0 Å². The summed E-state index contributed by atoms with van der Waals surface area (Å²) < 4.78 is 70.2. The number of hydrogen-bond acceptors (Lipinski definition) is 4. The number of sulfonamides is 1. The summed E-state index contributed by atoms with van der Waals surface area (Å²) in [6.07, 6.45) is -4.65. The smallest absolute Gasteiger partial charge is 0.357 e. The lowest BCUT2D eigenvalue weighted by atomic mass is 10.0. The molecule has 2 amide bonds. The van der Waals surface area contributed by atoms with Gasteiger partial charge >= 0.3 is 6.18 Å². The van der Waals surface area contributed by atoms with Crippen LogP contribution in [0, 0.1) is 0 Å². The zero-order valence-corrected chi connectivity index (χ0v) is 25.9. The molecule has 0 bridgehead atoms. The molecule has 0 saturated carbocycles. The number of halogens is 4. The van der Waals surface area contributed by atoms with E-state index in [1.54, 1.807) is 54.6 Å². The number of anilines is 1. The third-order valence-corrected chi connectivity index (χ3v) is 9.17. The lowest BCUT2D eigenvalue weighted by Gasteiger charge is -2.33. The quantitative estimate of drug-likeness (QED) is 0.208. The van der Waals surface area contributed by atoms with E-state index in [2.05, 4.69) is 21.2 Å². The Labute approximate surface area is 262 Å². The number of likely N-dealkylation sites (N-methyl/N-ethyl adjacent to an activating group) is 1. The topological polar surface area (TPSA) is 86.8 Å². The molecule has 1 N–H and O–H groups in total. The van der Waals surface area contributed by atoms with Crippen LogP contribution in [0.5, 0.6) is 0 Å². The molecule has 0 saturated heterocycles. The second-order valence-corrected chi connectivity index (χ2v) is 12.6. The Hall–Kier alpha value is -4.16. The van der Waals surface area contributed by atoms with E-state index < -0.39 is 46.2 Å². The number of alkyl halides is 3. The summed E-state index contributed by atoms with van der Waals surface area (Å²) in [6.45, 7) is -0.934. The van der Waals surface area contributed by atoms with Crippen molar-refractivity contribution in [3.05, 3.63) is 130 Å². The van der Waals surface area contributed by atoms with E-state index in [-0.39, 0.29) is 23.5 Å².